The van der Waals surface area contributed by atoms with Crippen molar-refractivity contribution in [1.82, 2.24) is 10.3 Å². The van der Waals surface area contributed by atoms with E-state index in [9.17, 15) is 22.8 Å². The van der Waals surface area contributed by atoms with Crippen LogP contribution in [0.5, 0.6) is 0 Å². The van der Waals surface area contributed by atoms with Crippen molar-refractivity contribution in [3.63, 3.8) is 0 Å². The van der Waals surface area contributed by atoms with Crippen LogP contribution in [0.15, 0.2) is 6.20 Å². The Morgan fingerprint density at radius 2 is 2.12 bits per heavy atom. The number of nitrogens with one attached hydrogen (secondary N) is 1. The molecule has 0 saturated carbocycles. The second kappa shape index (κ2) is 4.47. The van der Waals surface area contributed by atoms with Crippen LogP contribution in [0.3, 0.4) is 0 Å². The average Bonchev–Trinajstić information content (AvgIpc) is 2.60. The van der Waals surface area contributed by atoms with E-state index in [1.165, 1.54) is 0 Å². The lowest BCUT2D eigenvalue weighted by atomic mass is 10.5. The summed E-state index contributed by atoms with van der Waals surface area (Å²) in [6.07, 6.45) is -3.84. The van der Waals surface area contributed by atoms with E-state index in [-0.39, 0.29) is 9.88 Å². The highest BCUT2D eigenvalue weighted by Gasteiger charge is 2.38. The first-order valence-electron chi connectivity index (χ1n) is 3.83. The van der Waals surface area contributed by atoms with Gasteiger partial charge >= 0.3 is 18.1 Å². The summed E-state index contributed by atoms with van der Waals surface area (Å²) in [5.74, 6) is -3.34. The maximum absolute atomic E-state index is 11.8. The summed E-state index contributed by atoms with van der Waals surface area (Å²) >= 11 is 0.701. The molecule has 5 nitrogen and oxygen atoms in total. The van der Waals surface area contributed by atoms with E-state index in [0.29, 0.717) is 11.3 Å². The highest BCUT2D eigenvalue weighted by Crippen LogP contribution is 2.16. The van der Waals surface area contributed by atoms with Crippen LogP contribution < -0.4 is 5.32 Å². The zero-order valence-electron chi connectivity index (χ0n) is 7.54. The van der Waals surface area contributed by atoms with Crippen molar-refractivity contribution in [3.05, 3.63) is 16.1 Å². The smallest absolute Gasteiger partial charge is 0.471 e. The molecule has 1 aromatic heterocycles. The molecule has 1 heterocycles. The molecule has 0 spiro atoms. The Balaban J connectivity index is 2.55. The van der Waals surface area contributed by atoms with Gasteiger partial charge in [-0.15, -0.1) is 11.3 Å². The molecule has 0 bridgehead atoms. The zero-order valence-corrected chi connectivity index (χ0v) is 8.35. The van der Waals surface area contributed by atoms with Crippen LogP contribution in [0.25, 0.3) is 0 Å². The first kappa shape index (κ1) is 12.4. The van der Waals surface area contributed by atoms with Gasteiger partial charge in [0.2, 0.25) is 5.01 Å². The number of amides is 1. The van der Waals surface area contributed by atoms with Gasteiger partial charge in [0, 0.05) is 11.1 Å². The topological polar surface area (TPSA) is 79.3 Å². The third kappa shape index (κ3) is 3.19. The number of aromatic carboxylic acids is 1. The van der Waals surface area contributed by atoms with E-state index < -0.39 is 24.6 Å². The van der Waals surface area contributed by atoms with Crippen molar-refractivity contribution in [2.45, 2.75) is 12.7 Å². The van der Waals surface area contributed by atoms with Gasteiger partial charge in [-0.3, -0.25) is 4.79 Å². The Kier molecular flexibility index (Phi) is 3.48. The van der Waals surface area contributed by atoms with Gasteiger partial charge in [-0.1, -0.05) is 0 Å². The minimum Gasteiger partial charge on any atom is -0.476 e. The van der Waals surface area contributed by atoms with Gasteiger partial charge in [0.25, 0.3) is 0 Å². The molecule has 0 saturated heterocycles. The number of hydrogen-bond donors (Lipinski definition) is 2. The number of carbonyl (C=O) groups is 2. The molecule has 16 heavy (non-hydrogen) atoms. The molecule has 0 unspecified atom stereocenters. The average molecular weight is 254 g/mol. The van der Waals surface area contributed by atoms with Crippen molar-refractivity contribution in [2.75, 3.05) is 0 Å². The molecule has 1 aromatic rings. The van der Waals surface area contributed by atoms with Crippen LogP contribution in [0, 0.1) is 0 Å². The number of carboxylic acids is 1. The van der Waals surface area contributed by atoms with Crippen LogP contribution in [0.2, 0.25) is 0 Å². The molecular weight excluding hydrogens is 249 g/mol. The summed E-state index contributed by atoms with van der Waals surface area (Å²) in [6, 6.07) is 0. The Morgan fingerprint density at radius 1 is 1.50 bits per heavy atom. The molecule has 0 fully saturated rings. The molecule has 0 aliphatic carbocycles. The SMILES string of the molecule is O=C(O)c1ncc(CNC(=O)C(F)(F)F)s1. The van der Waals surface area contributed by atoms with Crippen molar-refractivity contribution in [1.29, 1.82) is 0 Å². The summed E-state index contributed by atoms with van der Waals surface area (Å²) in [6.45, 7) is -0.400. The van der Waals surface area contributed by atoms with Crippen molar-refractivity contribution in [2.24, 2.45) is 0 Å². The Bertz CT molecular complexity index is 415. The van der Waals surface area contributed by atoms with Gasteiger partial charge in [-0.25, -0.2) is 9.78 Å². The number of carboxylic acid groups (broad SMARTS) is 1. The lowest BCUT2D eigenvalue weighted by Gasteiger charge is -2.05. The Labute approximate surface area is 90.9 Å². The number of thiazole rings is 1. The fourth-order valence-electron chi connectivity index (χ4n) is 0.756. The standard InChI is InChI=1S/C7H5F3N2O3S/c8-7(9,10)6(15)12-2-3-1-11-4(16-3)5(13)14/h1H,2H2,(H,12,15)(H,13,14). The number of alkyl halides is 3. The van der Waals surface area contributed by atoms with Gasteiger partial charge in [0.15, 0.2) is 0 Å². The Morgan fingerprint density at radius 3 is 2.56 bits per heavy atom. The second-order valence-corrected chi connectivity index (χ2v) is 3.73. The number of nitrogens with zero attached hydrogens (tertiary/aromatic N) is 1. The molecule has 0 aromatic carbocycles. The molecule has 0 atom stereocenters. The minimum absolute atomic E-state index is 0.231. The van der Waals surface area contributed by atoms with E-state index in [1.807, 2.05) is 0 Å². The monoisotopic (exact) mass is 254 g/mol. The van der Waals surface area contributed by atoms with E-state index >= 15 is 0 Å². The molecule has 2 N–H and O–H groups in total. The molecule has 0 radical (unpaired) electrons. The maximum Gasteiger partial charge on any atom is 0.471 e. The number of rotatable bonds is 3. The summed E-state index contributed by atoms with van der Waals surface area (Å²) in [5, 5.41) is 9.85. The third-order valence-electron chi connectivity index (χ3n) is 1.42. The molecule has 1 amide bonds. The summed E-state index contributed by atoms with van der Waals surface area (Å²) in [4.78, 5) is 24.5. The second-order valence-electron chi connectivity index (χ2n) is 2.62. The van der Waals surface area contributed by atoms with Gasteiger partial charge in [-0.05, 0) is 0 Å². The van der Waals surface area contributed by atoms with Crippen molar-refractivity contribution < 1.29 is 27.9 Å². The lowest BCUT2D eigenvalue weighted by Crippen LogP contribution is -2.36. The molecule has 0 aliphatic rings. The molecule has 88 valence electrons. The lowest BCUT2D eigenvalue weighted by molar-refractivity contribution is -0.173. The summed E-state index contributed by atoms with van der Waals surface area (Å²) in [5.41, 5.74) is 0. The quantitative estimate of drug-likeness (QED) is 0.844. The predicted octanol–water partition coefficient (Wildman–Crippen LogP) is 1.02. The fourth-order valence-corrected chi connectivity index (χ4v) is 1.45. The van der Waals surface area contributed by atoms with Gasteiger partial charge < -0.3 is 10.4 Å². The normalized spacial score (nSPS) is 11.2. The van der Waals surface area contributed by atoms with Gasteiger partial charge in [0.1, 0.15) is 0 Å². The molecular formula is C7H5F3N2O3S. The fraction of sp³-hybridized carbons (Fsp3) is 0.286. The van der Waals surface area contributed by atoms with Crippen LogP contribution in [0.1, 0.15) is 14.7 Å². The highest BCUT2D eigenvalue weighted by molar-refractivity contribution is 7.13. The predicted molar refractivity (Wildman–Crippen MR) is 47.0 cm³/mol. The van der Waals surface area contributed by atoms with Crippen LogP contribution in [0.4, 0.5) is 13.2 Å². The van der Waals surface area contributed by atoms with Crippen molar-refractivity contribution in [3.8, 4) is 0 Å². The van der Waals surface area contributed by atoms with E-state index in [0.717, 1.165) is 6.20 Å². The minimum atomic E-state index is -4.94. The first-order valence-corrected chi connectivity index (χ1v) is 4.65. The van der Waals surface area contributed by atoms with E-state index in [4.69, 9.17) is 5.11 Å². The van der Waals surface area contributed by atoms with Crippen LogP contribution in [-0.2, 0) is 11.3 Å². The van der Waals surface area contributed by atoms with Gasteiger partial charge in [0.05, 0.1) is 6.54 Å². The summed E-state index contributed by atoms with van der Waals surface area (Å²) in [7, 11) is 0. The van der Waals surface area contributed by atoms with Crippen LogP contribution in [-0.4, -0.2) is 28.1 Å². The Hall–Kier alpha value is -1.64. The van der Waals surface area contributed by atoms with Crippen molar-refractivity contribution >= 4 is 23.2 Å². The number of hydrogen-bond acceptors (Lipinski definition) is 4. The molecule has 9 heteroatoms. The van der Waals surface area contributed by atoms with Gasteiger partial charge in [-0.2, -0.15) is 13.2 Å². The molecule has 0 aliphatic heterocycles. The zero-order chi connectivity index (χ0) is 12.3. The summed E-state index contributed by atoms with van der Waals surface area (Å²) < 4.78 is 35.3. The first-order chi connectivity index (χ1) is 7.30. The van der Waals surface area contributed by atoms with E-state index in [1.54, 1.807) is 5.32 Å². The number of carbonyl (C=O) groups excluding carboxylic acids is 1. The third-order valence-corrected chi connectivity index (χ3v) is 2.40. The van der Waals surface area contributed by atoms with E-state index in [2.05, 4.69) is 4.98 Å². The molecule has 1 rings (SSSR count). The highest BCUT2D eigenvalue weighted by atomic mass is 32.1. The van der Waals surface area contributed by atoms with Crippen LogP contribution >= 0.6 is 11.3 Å². The number of aromatic nitrogens is 1. The largest absolute Gasteiger partial charge is 0.476 e. The maximum atomic E-state index is 11.8. The number of halogens is 3.